The number of hydrogen-bond donors (Lipinski definition) is 0. The number of methoxy groups -OCH3 is 1. The highest BCUT2D eigenvalue weighted by molar-refractivity contribution is 5.92. The molecule has 1 aliphatic heterocycles. The molecule has 5 nitrogen and oxygen atoms in total. The molecule has 1 amide bonds. The standard InChI is InChI=1S/C17H19N3O2/c1-22-15-4-9-19-16(12-15)17(21)20-10-5-14(6-11-20)13-2-7-18-8-3-13/h2-4,7-9,12,14H,5-6,10-11H2,1H3. The second-order valence-electron chi connectivity index (χ2n) is 5.43. The monoisotopic (exact) mass is 297 g/mol. The van der Waals surface area contributed by atoms with Crippen molar-refractivity contribution in [2.24, 2.45) is 0 Å². The minimum atomic E-state index is -0.0212. The van der Waals surface area contributed by atoms with Crippen LogP contribution >= 0.6 is 0 Å². The Bertz CT molecular complexity index is 637. The second kappa shape index (κ2) is 6.56. The van der Waals surface area contributed by atoms with E-state index in [1.54, 1.807) is 25.4 Å². The van der Waals surface area contributed by atoms with Crippen molar-refractivity contribution in [3.05, 3.63) is 54.1 Å². The fourth-order valence-corrected chi connectivity index (χ4v) is 2.87. The van der Waals surface area contributed by atoms with E-state index in [-0.39, 0.29) is 5.91 Å². The van der Waals surface area contributed by atoms with Crippen LogP contribution in [0.15, 0.2) is 42.9 Å². The number of carbonyl (C=O) groups is 1. The molecule has 1 fully saturated rings. The Balaban J connectivity index is 1.64. The maximum atomic E-state index is 12.5. The molecule has 114 valence electrons. The van der Waals surface area contributed by atoms with Crippen molar-refractivity contribution in [2.45, 2.75) is 18.8 Å². The molecule has 0 N–H and O–H groups in total. The van der Waals surface area contributed by atoms with Crippen LogP contribution in [0.2, 0.25) is 0 Å². The minimum absolute atomic E-state index is 0.0212. The number of rotatable bonds is 3. The summed E-state index contributed by atoms with van der Waals surface area (Å²) in [5.41, 5.74) is 1.75. The molecule has 5 heteroatoms. The summed E-state index contributed by atoms with van der Waals surface area (Å²) >= 11 is 0. The van der Waals surface area contributed by atoms with Gasteiger partial charge in [0.1, 0.15) is 11.4 Å². The van der Waals surface area contributed by atoms with E-state index in [2.05, 4.69) is 22.1 Å². The van der Waals surface area contributed by atoms with Gasteiger partial charge in [0.15, 0.2) is 0 Å². The van der Waals surface area contributed by atoms with E-state index in [9.17, 15) is 4.79 Å². The van der Waals surface area contributed by atoms with E-state index in [0.29, 0.717) is 17.4 Å². The first-order valence-electron chi connectivity index (χ1n) is 7.47. The molecule has 0 bridgehead atoms. The summed E-state index contributed by atoms with van der Waals surface area (Å²) in [6.45, 7) is 1.51. The van der Waals surface area contributed by atoms with Gasteiger partial charge in [-0.3, -0.25) is 14.8 Å². The van der Waals surface area contributed by atoms with Crippen molar-refractivity contribution in [1.82, 2.24) is 14.9 Å². The van der Waals surface area contributed by atoms with Gasteiger partial charge in [-0.2, -0.15) is 0 Å². The van der Waals surface area contributed by atoms with E-state index >= 15 is 0 Å². The fraction of sp³-hybridized carbons (Fsp3) is 0.353. The summed E-state index contributed by atoms with van der Waals surface area (Å²) in [7, 11) is 1.59. The first kappa shape index (κ1) is 14.5. The number of ether oxygens (including phenoxy) is 1. The van der Waals surface area contributed by atoms with Gasteiger partial charge in [0.2, 0.25) is 0 Å². The van der Waals surface area contributed by atoms with Crippen molar-refractivity contribution in [2.75, 3.05) is 20.2 Å². The quantitative estimate of drug-likeness (QED) is 0.873. The molecule has 0 aliphatic carbocycles. The Hall–Kier alpha value is -2.43. The predicted octanol–water partition coefficient (Wildman–Crippen LogP) is 2.51. The summed E-state index contributed by atoms with van der Waals surface area (Å²) < 4.78 is 5.15. The maximum Gasteiger partial charge on any atom is 0.272 e. The summed E-state index contributed by atoms with van der Waals surface area (Å²) in [4.78, 5) is 22.6. The van der Waals surface area contributed by atoms with Gasteiger partial charge in [-0.1, -0.05) is 0 Å². The number of piperidine rings is 1. The Morgan fingerprint density at radius 3 is 2.59 bits per heavy atom. The molecule has 0 spiro atoms. The number of pyridine rings is 2. The summed E-state index contributed by atoms with van der Waals surface area (Å²) in [6.07, 6.45) is 7.20. The molecule has 0 aromatic carbocycles. The Kier molecular flexibility index (Phi) is 4.32. The molecule has 0 unspecified atom stereocenters. The van der Waals surface area contributed by atoms with Gasteiger partial charge < -0.3 is 9.64 Å². The zero-order valence-corrected chi connectivity index (χ0v) is 12.6. The topological polar surface area (TPSA) is 55.3 Å². The van der Waals surface area contributed by atoms with Crippen molar-refractivity contribution in [3.63, 3.8) is 0 Å². The van der Waals surface area contributed by atoms with Crippen LogP contribution in [0.5, 0.6) is 5.75 Å². The number of nitrogens with zero attached hydrogens (tertiary/aromatic N) is 3. The molecule has 0 atom stereocenters. The van der Waals surface area contributed by atoms with E-state index < -0.39 is 0 Å². The molecule has 3 rings (SSSR count). The summed E-state index contributed by atoms with van der Waals surface area (Å²) in [6, 6.07) is 7.56. The molecule has 0 saturated carbocycles. The molecule has 0 radical (unpaired) electrons. The Morgan fingerprint density at radius 1 is 1.18 bits per heavy atom. The molecule has 22 heavy (non-hydrogen) atoms. The second-order valence-corrected chi connectivity index (χ2v) is 5.43. The summed E-state index contributed by atoms with van der Waals surface area (Å²) in [5, 5.41) is 0. The number of hydrogen-bond acceptors (Lipinski definition) is 4. The average Bonchev–Trinajstić information content (AvgIpc) is 2.62. The molecule has 1 aliphatic rings. The zero-order valence-electron chi connectivity index (χ0n) is 12.6. The van der Waals surface area contributed by atoms with Crippen LogP contribution in [0, 0.1) is 0 Å². The molecular formula is C17H19N3O2. The largest absolute Gasteiger partial charge is 0.497 e. The lowest BCUT2D eigenvalue weighted by molar-refractivity contribution is 0.0706. The molecule has 1 saturated heterocycles. The van der Waals surface area contributed by atoms with Crippen LogP contribution in [0.3, 0.4) is 0 Å². The normalized spacial score (nSPS) is 15.6. The van der Waals surface area contributed by atoms with Gasteiger partial charge in [-0.05, 0) is 42.5 Å². The van der Waals surface area contributed by atoms with Gasteiger partial charge in [0, 0.05) is 37.7 Å². The SMILES string of the molecule is COc1ccnc(C(=O)N2CCC(c3ccncc3)CC2)c1. The first-order valence-corrected chi connectivity index (χ1v) is 7.47. The van der Waals surface area contributed by atoms with E-state index in [4.69, 9.17) is 4.74 Å². The molecule has 2 aromatic heterocycles. The highest BCUT2D eigenvalue weighted by Gasteiger charge is 2.25. The van der Waals surface area contributed by atoms with Crippen LogP contribution < -0.4 is 4.74 Å². The van der Waals surface area contributed by atoms with Crippen molar-refractivity contribution < 1.29 is 9.53 Å². The van der Waals surface area contributed by atoms with Gasteiger partial charge in [0.25, 0.3) is 5.91 Å². The lowest BCUT2D eigenvalue weighted by atomic mass is 9.90. The average molecular weight is 297 g/mol. The number of amides is 1. The van der Waals surface area contributed by atoms with Crippen molar-refractivity contribution >= 4 is 5.91 Å². The third-order valence-electron chi connectivity index (χ3n) is 4.15. The Labute approximate surface area is 130 Å². The lowest BCUT2D eigenvalue weighted by Gasteiger charge is -2.32. The molecular weight excluding hydrogens is 278 g/mol. The molecule has 3 heterocycles. The minimum Gasteiger partial charge on any atom is -0.497 e. The van der Waals surface area contributed by atoms with Gasteiger partial charge >= 0.3 is 0 Å². The third kappa shape index (κ3) is 3.08. The number of carbonyl (C=O) groups excluding carboxylic acids is 1. The fourth-order valence-electron chi connectivity index (χ4n) is 2.87. The van der Waals surface area contributed by atoms with Crippen LogP contribution in [0.4, 0.5) is 0 Å². The Morgan fingerprint density at radius 2 is 1.91 bits per heavy atom. The maximum absolute atomic E-state index is 12.5. The number of likely N-dealkylation sites (tertiary alicyclic amines) is 1. The van der Waals surface area contributed by atoms with Crippen LogP contribution in [-0.2, 0) is 0 Å². The van der Waals surface area contributed by atoms with Crippen molar-refractivity contribution in [3.8, 4) is 5.75 Å². The first-order chi connectivity index (χ1) is 10.8. The summed E-state index contributed by atoms with van der Waals surface area (Å²) in [5.74, 6) is 1.14. The van der Waals surface area contributed by atoms with E-state index in [0.717, 1.165) is 25.9 Å². The smallest absolute Gasteiger partial charge is 0.272 e. The highest BCUT2D eigenvalue weighted by atomic mass is 16.5. The molecule has 2 aromatic rings. The predicted molar refractivity (Wildman–Crippen MR) is 82.9 cm³/mol. The van der Waals surface area contributed by atoms with Crippen molar-refractivity contribution in [1.29, 1.82) is 0 Å². The van der Waals surface area contributed by atoms with Crippen LogP contribution in [-0.4, -0.2) is 41.0 Å². The highest BCUT2D eigenvalue weighted by Crippen LogP contribution is 2.28. The number of aromatic nitrogens is 2. The van der Waals surface area contributed by atoms with E-state index in [1.807, 2.05) is 17.3 Å². The van der Waals surface area contributed by atoms with E-state index in [1.165, 1.54) is 5.56 Å². The zero-order chi connectivity index (χ0) is 15.4. The van der Waals surface area contributed by atoms with Gasteiger partial charge in [-0.25, -0.2) is 0 Å². The van der Waals surface area contributed by atoms with Crippen LogP contribution in [0.25, 0.3) is 0 Å². The van der Waals surface area contributed by atoms with Crippen LogP contribution in [0.1, 0.15) is 34.8 Å². The lowest BCUT2D eigenvalue weighted by Crippen LogP contribution is -2.38. The van der Waals surface area contributed by atoms with Gasteiger partial charge in [0.05, 0.1) is 7.11 Å². The van der Waals surface area contributed by atoms with Gasteiger partial charge in [-0.15, -0.1) is 0 Å². The third-order valence-corrected chi connectivity index (χ3v) is 4.15.